The molecule has 2 heterocycles. The van der Waals surface area contributed by atoms with Crippen LogP contribution in [0.3, 0.4) is 0 Å². The second kappa shape index (κ2) is 6.33. The number of fused-ring (bicyclic) bond motifs is 1. The fourth-order valence-corrected chi connectivity index (χ4v) is 2.63. The van der Waals surface area contributed by atoms with Crippen molar-refractivity contribution in [3.05, 3.63) is 54.4 Å². The van der Waals surface area contributed by atoms with E-state index < -0.39 is 6.04 Å². The van der Waals surface area contributed by atoms with Crippen LogP contribution in [0.2, 0.25) is 0 Å². The standard InChI is InChI=1S/C20H24N4O/c1-13-6-5-11-24-12-16(23-18(13)24)14-7-9-15(10-8-14)22-19(25)17(21)20(2,3)4/h5-12,17H,21H2,1-4H3,(H,22,25)/t17-/m1/s1. The van der Waals surface area contributed by atoms with Crippen LogP contribution in [0.5, 0.6) is 0 Å². The molecule has 0 radical (unpaired) electrons. The van der Waals surface area contributed by atoms with Gasteiger partial charge in [0.15, 0.2) is 0 Å². The van der Waals surface area contributed by atoms with Crippen molar-refractivity contribution >= 4 is 17.2 Å². The van der Waals surface area contributed by atoms with E-state index in [2.05, 4.69) is 10.3 Å². The number of aryl methyl sites for hydroxylation is 1. The third kappa shape index (κ3) is 3.56. The number of hydrogen-bond acceptors (Lipinski definition) is 3. The third-order valence-electron chi connectivity index (χ3n) is 4.34. The van der Waals surface area contributed by atoms with E-state index >= 15 is 0 Å². The zero-order chi connectivity index (χ0) is 18.2. The van der Waals surface area contributed by atoms with E-state index in [4.69, 9.17) is 5.73 Å². The minimum atomic E-state index is -0.561. The highest BCUT2D eigenvalue weighted by molar-refractivity contribution is 5.95. The maximum atomic E-state index is 12.2. The second-order valence-corrected chi connectivity index (χ2v) is 7.46. The van der Waals surface area contributed by atoms with Crippen molar-refractivity contribution in [3.63, 3.8) is 0 Å². The number of nitrogens with zero attached hydrogens (tertiary/aromatic N) is 2. The van der Waals surface area contributed by atoms with Crippen molar-refractivity contribution < 1.29 is 4.79 Å². The van der Waals surface area contributed by atoms with Crippen LogP contribution in [0, 0.1) is 12.3 Å². The lowest BCUT2D eigenvalue weighted by molar-refractivity contribution is -0.119. The first-order chi connectivity index (χ1) is 11.8. The number of amides is 1. The van der Waals surface area contributed by atoms with Gasteiger partial charge in [0.05, 0.1) is 11.7 Å². The van der Waals surface area contributed by atoms with Crippen LogP contribution in [0.4, 0.5) is 5.69 Å². The first kappa shape index (κ1) is 17.2. The molecule has 0 saturated heterocycles. The molecule has 0 aliphatic heterocycles. The average Bonchev–Trinajstić information content (AvgIpc) is 2.99. The number of pyridine rings is 1. The number of imidazole rings is 1. The van der Waals surface area contributed by atoms with Gasteiger partial charge in [0, 0.05) is 23.6 Å². The Kier molecular flexibility index (Phi) is 4.35. The summed E-state index contributed by atoms with van der Waals surface area (Å²) in [5.41, 5.74) is 10.4. The molecule has 0 bridgehead atoms. The smallest absolute Gasteiger partial charge is 0.241 e. The molecule has 130 valence electrons. The van der Waals surface area contributed by atoms with Crippen LogP contribution in [0.25, 0.3) is 16.9 Å². The number of rotatable bonds is 3. The fourth-order valence-electron chi connectivity index (χ4n) is 2.63. The van der Waals surface area contributed by atoms with Crippen LogP contribution in [0.1, 0.15) is 26.3 Å². The molecule has 5 nitrogen and oxygen atoms in total. The van der Waals surface area contributed by atoms with Gasteiger partial charge in [0.25, 0.3) is 0 Å². The first-order valence-corrected chi connectivity index (χ1v) is 8.37. The van der Waals surface area contributed by atoms with Crippen molar-refractivity contribution in [2.24, 2.45) is 11.1 Å². The summed E-state index contributed by atoms with van der Waals surface area (Å²) >= 11 is 0. The van der Waals surface area contributed by atoms with Gasteiger partial charge in [-0.2, -0.15) is 0 Å². The molecule has 1 aromatic carbocycles. The van der Waals surface area contributed by atoms with Gasteiger partial charge in [-0.05, 0) is 36.1 Å². The summed E-state index contributed by atoms with van der Waals surface area (Å²) in [6.07, 6.45) is 3.99. The summed E-state index contributed by atoms with van der Waals surface area (Å²) in [7, 11) is 0. The molecule has 3 aromatic rings. The molecule has 2 aromatic heterocycles. The highest BCUT2D eigenvalue weighted by Gasteiger charge is 2.27. The van der Waals surface area contributed by atoms with Crippen LogP contribution < -0.4 is 11.1 Å². The van der Waals surface area contributed by atoms with E-state index in [9.17, 15) is 4.79 Å². The maximum Gasteiger partial charge on any atom is 0.241 e. The number of nitrogens with one attached hydrogen (secondary N) is 1. The molecular weight excluding hydrogens is 312 g/mol. The topological polar surface area (TPSA) is 72.4 Å². The Morgan fingerprint density at radius 2 is 1.88 bits per heavy atom. The van der Waals surface area contributed by atoms with Gasteiger partial charge in [-0.15, -0.1) is 0 Å². The first-order valence-electron chi connectivity index (χ1n) is 8.37. The summed E-state index contributed by atoms with van der Waals surface area (Å²) in [5.74, 6) is -0.177. The van der Waals surface area contributed by atoms with Gasteiger partial charge in [-0.3, -0.25) is 4.79 Å². The summed E-state index contributed by atoms with van der Waals surface area (Å²) in [6, 6.07) is 11.1. The van der Waals surface area contributed by atoms with E-state index in [0.717, 1.165) is 28.2 Å². The number of aromatic nitrogens is 2. The maximum absolute atomic E-state index is 12.2. The Morgan fingerprint density at radius 1 is 1.20 bits per heavy atom. The molecule has 0 spiro atoms. The normalized spacial score (nSPS) is 13.0. The molecule has 3 N–H and O–H groups in total. The van der Waals surface area contributed by atoms with Crippen LogP contribution in [-0.2, 0) is 4.79 Å². The number of anilines is 1. The van der Waals surface area contributed by atoms with Crippen molar-refractivity contribution in [3.8, 4) is 11.3 Å². The number of carbonyl (C=O) groups is 1. The van der Waals surface area contributed by atoms with E-state index in [1.54, 1.807) is 0 Å². The number of benzene rings is 1. The monoisotopic (exact) mass is 336 g/mol. The molecule has 0 fully saturated rings. The minimum Gasteiger partial charge on any atom is -0.325 e. The molecule has 3 rings (SSSR count). The lowest BCUT2D eigenvalue weighted by atomic mass is 9.87. The van der Waals surface area contributed by atoms with Gasteiger partial charge in [-0.25, -0.2) is 4.98 Å². The van der Waals surface area contributed by atoms with E-state index in [1.807, 2.05) is 80.9 Å². The van der Waals surface area contributed by atoms with Gasteiger partial charge in [0.1, 0.15) is 5.65 Å². The molecule has 0 aliphatic rings. The quantitative estimate of drug-likeness (QED) is 0.767. The van der Waals surface area contributed by atoms with Crippen molar-refractivity contribution in [1.82, 2.24) is 9.38 Å². The van der Waals surface area contributed by atoms with E-state index in [-0.39, 0.29) is 11.3 Å². The molecule has 5 heteroatoms. The Hall–Kier alpha value is -2.66. The summed E-state index contributed by atoms with van der Waals surface area (Å²) < 4.78 is 2.02. The van der Waals surface area contributed by atoms with Gasteiger partial charge in [0.2, 0.25) is 5.91 Å². The SMILES string of the molecule is Cc1cccn2cc(-c3ccc(NC(=O)[C@@H](N)C(C)(C)C)cc3)nc12. The average molecular weight is 336 g/mol. The van der Waals surface area contributed by atoms with Gasteiger partial charge >= 0.3 is 0 Å². The van der Waals surface area contributed by atoms with Crippen molar-refractivity contribution in [1.29, 1.82) is 0 Å². The Bertz CT molecular complexity index is 904. The highest BCUT2D eigenvalue weighted by atomic mass is 16.2. The zero-order valence-corrected chi connectivity index (χ0v) is 15.1. The minimum absolute atomic E-state index is 0.177. The van der Waals surface area contributed by atoms with Crippen LogP contribution in [0.15, 0.2) is 48.8 Å². The van der Waals surface area contributed by atoms with Crippen molar-refractivity contribution in [2.75, 3.05) is 5.32 Å². The highest BCUT2D eigenvalue weighted by Crippen LogP contribution is 2.23. The Balaban J connectivity index is 1.80. The second-order valence-electron chi connectivity index (χ2n) is 7.46. The lowest BCUT2D eigenvalue weighted by Gasteiger charge is -2.25. The summed E-state index contributed by atoms with van der Waals surface area (Å²) in [4.78, 5) is 16.9. The van der Waals surface area contributed by atoms with Crippen LogP contribution >= 0.6 is 0 Å². The molecule has 1 atom stereocenters. The predicted octanol–water partition coefficient (Wildman–Crippen LogP) is 3.62. The number of hydrogen-bond donors (Lipinski definition) is 2. The largest absolute Gasteiger partial charge is 0.325 e. The predicted molar refractivity (Wildman–Crippen MR) is 101 cm³/mol. The Morgan fingerprint density at radius 3 is 2.48 bits per heavy atom. The number of carbonyl (C=O) groups excluding carboxylic acids is 1. The fraction of sp³-hybridized carbons (Fsp3) is 0.300. The van der Waals surface area contributed by atoms with Gasteiger partial charge in [-0.1, -0.05) is 39.0 Å². The van der Waals surface area contributed by atoms with E-state index in [1.165, 1.54) is 0 Å². The van der Waals surface area contributed by atoms with Crippen molar-refractivity contribution in [2.45, 2.75) is 33.7 Å². The Labute approximate surface area is 147 Å². The third-order valence-corrected chi connectivity index (χ3v) is 4.34. The molecule has 25 heavy (non-hydrogen) atoms. The molecule has 1 amide bonds. The zero-order valence-electron chi connectivity index (χ0n) is 15.1. The molecule has 0 saturated carbocycles. The molecule has 0 aliphatic carbocycles. The lowest BCUT2D eigenvalue weighted by Crippen LogP contribution is -2.45. The van der Waals surface area contributed by atoms with Crippen LogP contribution in [-0.4, -0.2) is 21.3 Å². The summed E-state index contributed by atoms with van der Waals surface area (Å²) in [6.45, 7) is 7.90. The number of nitrogens with two attached hydrogens (primary N) is 1. The molecular formula is C20H24N4O. The van der Waals surface area contributed by atoms with E-state index in [0.29, 0.717) is 0 Å². The molecule has 0 unspecified atom stereocenters. The van der Waals surface area contributed by atoms with Gasteiger partial charge < -0.3 is 15.5 Å². The summed E-state index contributed by atoms with van der Waals surface area (Å²) in [5, 5.41) is 2.87.